The van der Waals surface area contributed by atoms with Gasteiger partial charge in [0.05, 0.1) is 6.54 Å². The molecule has 3 N–H and O–H groups in total. The standard InChI is InChI=1S/C13H19FN2O/c1-10(3-2-8-15)16-9-13(17)11-4-6-12(14)7-5-11/h4-7,10,16H,2-3,8-9,15H2,1H3/t10-/m1/s1. The maximum absolute atomic E-state index is 12.7. The maximum atomic E-state index is 12.7. The lowest BCUT2D eigenvalue weighted by atomic mass is 10.1. The Morgan fingerprint density at radius 3 is 2.65 bits per heavy atom. The van der Waals surface area contributed by atoms with E-state index in [-0.39, 0.29) is 24.2 Å². The summed E-state index contributed by atoms with van der Waals surface area (Å²) >= 11 is 0. The Bertz CT molecular complexity index is 351. The third-order valence-electron chi connectivity index (χ3n) is 2.62. The van der Waals surface area contributed by atoms with Crippen LogP contribution in [0.2, 0.25) is 0 Å². The van der Waals surface area contributed by atoms with Gasteiger partial charge in [0.25, 0.3) is 0 Å². The van der Waals surface area contributed by atoms with Crippen molar-refractivity contribution in [2.24, 2.45) is 5.73 Å². The maximum Gasteiger partial charge on any atom is 0.176 e. The van der Waals surface area contributed by atoms with Crippen molar-refractivity contribution in [3.8, 4) is 0 Å². The molecule has 0 saturated heterocycles. The van der Waals surface area contributed by atoms with E-state index in [4.69, 9.17) is 5.73 Å². The van der Waals surface area contributed by atoms with Gasteiger partial charge in [-0.25, -0.2) is 4.39 Å². The highest BCUT2D eigenvalue weighted by atomic mass is 19.1. The molecule has 0 spiro atoms. The summed E-state index contributed by atoms with van der Waals surface area (Å²) in [5, 5.41) is 3.13. The molecular weight excluding hydrogens is 219 g/mol. The number of Topliss-reactive ketones (excluding diaryl/α,β-unsaturated/α-hetero) is 1. The Morgan fingerprint density at radius 1 is 1.41 bits per heavy atom. The lowest BCUT2D eigenvalue weighted by Gasteiger charge is -2.12. The van der Waals surface area contributed by atoms with Gasteiger partial charge < -0.3 is 11.1 Å². The van der Waals surface area contributed by atoms with Gasteiger partial charge in [-0.3, -0.25) is 4.79 Å². The number of halogens is 1. The number of nitrogens with two attached hydrogens (primary N) is 1. The Kier molecular flexibility index (Phi) is 5.80. The van der Waals surface area contributed by atoms with E-state index in [0.717, 1.165) is 12.8 Å². The van der Waals surface area contributed by atoms with Crippen LogP contribution in [0.5, 0.6) is 0 Å². The van der Waals surface area contributed by atoms with Crippen molar-refractivity contribution in [2.45, 2.75) is 25.8 Å². The van der Waals surface area contributed by atoms with Crippen molar-refractivity contribution in [1.82, 2.24) is 5.32 Å². The molecule has 0 aliphatic rings. The average Bonchev–Trinajstić information content (AvgIpc) is 2.34. The molecule has 0 fully saturated rings. The lowest BCUT2D eigenvalue weighted by molar-refractivity contribution is 0.0987. The van der Waals surface area contributed by atoms with Gasteiger partial charge in [0.2, 0.25) is 0 Å². The highest BCUT2D eigenvalue weighted by Gasteiger charge is 2.07. The van der Waals surface area contributed by atoms with E-state index in [1.54, 1.807) is 0 Å². The number of hydrogen-bond acceptors (Lipinski definition) is 3. The van der Waals surface area contributed by atoms with Crippen molar-refractivity contribution in [1.29, 1.82) is 0 Å². The summed E-state index contributed by atoms with van der Waals surface area (Å²) in [6, 6.07) is 5.87. The zero-order valence-electron chi connectivity index (χ0n) is 10.1. The molecule has 1 aromatic rings. The number of nitrogens with one attached hydrogen (secondary N) is 1. The fourth-order valence-corrected chi connectivity index (χ4v) is 1.53. The second-order valence-electron chi connectivity index (χ2n) is 4.14. The van der Waals surface area contributed by atoms with Crippen molar-refractivity contribution < 1.29 is 9.18 Å². The van der Waals surface area contributed by atoms with Crippen LogP contribution in [0.25, 0.3) is 0 Å². The van der Waals surface area contributed by atoms with E-state index in [2.05, 4.69) is 5.32 Å². The van der Waals surface area contributed by atoms with Gasteiger partial charge in [-0.2, -0.15) is 0 Å². The van der Waals surface area contributed by atoms with Crippen molar-refractivity contribution >= 4 is 5.78 Å². The van der Waals surface area contributed by atoms with Crippen LogP contribution < -0.4 is 11.1 Å². The molecule has 1 rings (SSSR count). The zero-order chi connectivity index (χ0) is 12.7. The number of rotatable bonds is 7. The predicted octanol–water partition coefficient (Wildman–Crippen LogP) is 1.73. The second kappa shape index (κ2) is 7.14. The first kappa shape index (κ1) is 13.8. The van der Waals surface area contributed by atoms with Gasteiger partial charge in [0, 0.05) is 11.6 Å². The Balaban J connectivity index is 2.36. The van der Waals surface area contributed by atoms with Crippen LogP contribution in [0.3, 0.4) is 0 Å². The Morgan fingerprint density at radius 2 is 2.06 bits per heavy atom. The van der Waals surface area contributed by atoms with Crippen LogP contribution in [0, 0.1) is 5.82 Å². The van der Waals surface area contributed by atoms with Gasteiger partial charge in [0.15, 0.2) is 5.78 Å². The summed E-state index contributed by atoms with van der Waals surface area (Å²) in [5.41, 5.74) is 5.94. The molecule has 4 heteroatoms. The third kappa shape index (κ3) is 5.06. The zero-order valence-corrected chi connectivity index (χ0v) is 10.1. The highest BCUT2D eigenvalue weighted by Crippen LogP contribution is 2.03. The summed E-state index contributed by atoms with van der Waals surface area (Å²) < 4.78 is 12.7. The lowest BCUT2D eigenvalue weighted by Crippen LogP contribution is -2.31. The van der Waals surface area contributed by atoms with Crippen molar-refractivity contribution in [2.75, 3.05) is 13.1 Å². The van der Waals surface area contributed by atoms with E-state index in [9.17, 15) is 9.18 Å². The van der Waals surface area contributed by atoms with Crippen LogP contribution in [0.1, 0.15) is 30.1 Å². The van der Waals surface area contributed by atoms with Crippen LogP contribution >= 0.6 is 0 Å². The average molecular weight is 238 g/mol. The van der Waals surface area contributed by atoms with Gasteiger partial charge in [-0.05, 0) is 50.6 Å². The second-order valence-corrected chi connectivity index (χ2v) is 4.14. The van der Waals surface area contributed by atoms with Crippen LogP contribution in [0.15, 0.2) is 24.3 Å². The molecule has 0 aliphatic carbocycles. The minimum Gasteiger partial charge on any atom is -0.330 e. The molecule has 0 aromatic heterocycles. The fraction of sp³-hybridized carbons (Fsp3) is 0.462. The largest absolute Gasteiger partial charge is 0.330 e. The van der Waals surface area contributed by atoms with Gasteiger partial charge in [-0.15, -0.1) is 0 Å². The summed E-state index contributed by atoms with van der Waals surface area (Å²) in [5.74, 6) is -0.351. The summed E-state index contributed by atoms with van der Waals surface area (Å²) in [7, 11) is 0. The number of hydrogen-bond donors (Lipinski definition) is 2. The first-order valence-corrected chi connectivity index (χ1v) is 5.85. The molecule has 1 atom stereocenters. The first-order chi connectivity index (χ1) is 8.13. The molecule has 0 bridgehead atoms. The first-order valence-electron chi connectivity index (χ1n) is 5.85. The quantitative estimate of drug-likeness (QED) is 0.711. The molecular formula is C13H19FN2O. The Hall–Kier alpha value is -1.26. The van der Waals surface area contributed by atoms with Crippen LogP contribution in [-0.4, -0.2) is 24.9 Å². The SMILES string of the molecule is C[C@H](CCCN)NCC(=O)c1ccc(F)cc1. The molecule has 0 aliphatic heterocycles. The van der Waals surface area contributed by atoms with Crippen molar-refractivity contribution in [3.05, 3.63) is 35.6 Å². The number of ketones is 1. The highest BCUT2D eigenvalue weighted by molar-refractivity contribution is 5.97. The van der Waals surface area contributed by atoms with Gasteiger partial charge >= 0.3 is 0 Å². The summed E-state index contributed by atoms with van der Waals surface area (Å²) in [6.45, 7) is 2.96. The van der Waals surface area contributed by atoms with E-state index < -0.39 is 0 Å². The minimum absolute atomic E-state index is 0.0235. The normalized spacial score (nSPS) is 12.4. The van der Waals surface area contributed by atoms with E-state index in [1.165, 1.54) is 24.3 Å². The molecule has 94 valence electrons. The molecule has 0 radical (unpaired) electrons. The molecule has 1 aromatic carbocycles. The predicted molar refractivity (Wildman–Crippen MR) is 66.5 cm³/mol. The molecule has 3 nitrogen and oxygen atoms in total. The summed E-state index contributed by atoms with van der Waals surface area (Å²) in [4.78, 5) is 11.7. The van der Waals surface area contributed by atoms with Crippen molar-refractivity contribution in [3.63, 3.8) is 0 Å². The van der Waals surface area contributed by atoms with Gasteiger partial charge in [0.1, 0.15) is 5.82 Å². The third-order valence-corrected chi connectivity index (χ3v) is 2.62. The molecule has 0 heterocycles. The number of carbonyl (C=O) groups excluding carboxylic acids is 1. The summed E-state index contributed by atoms with van der Waals surface area (Å²) in [6.07, 6.45) is 1.89. The van der Waals surface area contributed by atoms with E-state index >= 15 is 0 Å². The van der Waals surface area contributed by atoms with Gasteiger partial charge in [-0.1, -0.05) is 0 Å². The molecule has 0 amide bonds. The molecule has 0 saturated carbocycles. The fourth-order valence-electron chi connectivity index (χ4n) is 1.53. The minimum atomic E-state index is -0.328. The monoisotopic (exact) mass is 238 g/mol. The smallest absolute Gasteiger partial charge is 0.176 e. The topological polar surface area (TPSA) is 55.1 Å². The number of carbonyl (C=O) groups is 1. The Labute approximate surface area is 101 Å². The molecule has 17 heavy (non-hydrogen) atoms. The van der Waals surface area contributed by atoms with E-state index in [1.807, 2.05) is 6.92 Å². The van der Waals surface area contributed by atoms with Crippen LogP contribution in [0.4, 0.5) is 4.39 Å². The number of benzene rings is 1. The van der Waals surface area contributed by atoms with E-state index in [0.29, 0.717) is 12.1 Å². The van der Waals surface area contributed by atoms with Crippen LogP contribution in [-0.2, 0) is 0 Å². The molecule has 0 unspecified atom stereocenters.